The molecule has 0 aliphatic heterocycles. The number of amides is 1. The van der Waals surface area contributed by atoms with E-state index in [1.165, 1.54) is 0 Å². The topological polar surface area (TPSA) is 122 Å². The number of rotatable bonds is 6. The summed E-state index contributed by atoms with van der Waals surface area (Å²) in [6, 6.07) is 8.77. The maximum atomic E-state index is 13.7. The van der Waals surface area contributed by atoms with Gasteiger partial charge in [0.05, 0.1) is 6.54 Å². The number of benzene rings is 2. The molecule has 0 radical (unpaired) electrons. The summed E-state index contributed by atoms with van der Waals surface area (Å²) in [6.45, 7) is -1.06. The zero-order valence-corrected chi connectivity index (χ0v) is 16.4. The summed E-state index contributed by atoms with van der Waals surface area (Å²) in [6.07, 6.45) is 0. The molecule has 0 saturated heterocycles. The number of carbonyl (C=O) groups is 2. The van der Waals surface area contributed by atoms with Gasteiger partial charge in [0.2, 0.25) is 0 Å². The van der Waals surface area contributed by atoms with Crippen molar-refractivity contribution in [3.8, 4) is 17.0 Å². The highest BCUT2D eigenvalue weighted by atomic mass is 35.5. The lowest BCUT2D eigenvalue weighted by Gasteiger charge is -2.14. The number of hydrogen-bond acceptors (Lipinski definition) is 5. The zero-order valence-electron chi connectivity index (χ0n) is 15.6. The average Bonchev–Trinajstić information content (AvgIpc) is 2.69. The Balaban J connectivity index is 2.21. The number of carbonyl (C=O) groups excluding carboxylic acids is 1. The molecule has 0 aliphatic carbocycles. The molecule has 8 nitrogen and oxygen atoms in total. The molecule has 0 bridgehead atoms. The SMILES string of the molecule is O=C(O)CNC(=O)c1c(O)c(-c2cc(F)cc(F)c2)nn(Cc2ccccc2Cl)c1=O. The van der Waals surface area contributed by atoms with Crippen LogP contribution >= 0.6 is 11.6 Å². The summed E-state index contributed by atoms with van der Waals surface area (Å²) < 4.78 is 28.2. The molecular formula is C20H14ClF2N3O5. The average molecular weight is 450 g/mol. The number of aliphatic carboxylic acids is 1. The number of nitrogens with one attached hydrogen (secondary N) is 1. The second-order valence-electron chi connectivity index (χ2n) is 6.36. The van der Waals surface area contributed by atoms with Gasteiger partial charge in [0, 0.05) is 16.7 Å². The van der Waals surface area contributed by atoms with Crippen LogP contribution in [0.15, 0.2) is 47.3 Å². The van der Waals surface area contributed by atoms with Crippen molar-refractivity contribution >= 4 is 23.5 Å². The molecule has 1 heterocycles. The van der Waals surface area contributed by atoms with E-state index in [1.54, 1.807) is 24.3 Å². The predicted molar refractivity (Wildman–Crippen MR) is 106 cm³/mol. The number of aromatic nitrogens is 2. The lowest BCUT2D eigenvalue weighted by Crippen LogP contribution is -2.37. The number of aromatic hydroxyl groups is 1. The minimum atomic E-state index is -1.38. The summed E-state index contributed by atoms with van der Waals surface area (Å²) >= 11 is 6.11. The zero-order chi connectivity index (χ0) is 22.7. The van der Waals surface area contributed by atoms with Crippen LogP contribution in [-0.2, 0) is 11.3 Å². The minimum Gasteiger partial charge on any atom is -0.505 e. The van der Waals surface area contributed by atoms with Crippen molar-refractivity contribution < 1.29 is 28.6 Å². The molecule has 11 heteroatoms. The number of nitrogens with zero attached hydrogens (tertiary/aromatic N) is 2. The normalized spacial score (nSPS) is 10.7. The quantitative estimate of drug-likeness (QED) is 0.531. The maximum Gasteiger partial charge on any atom is 0.322 e. The third kappa shape index (κ3) is 4.86. The molecule has 0 atom stereocenters. The van der Waals surface area contributed by atoms with Crippen LogP contribution in [0.1, 0.15) is 15.9 Å². The first-order valence-corrected chi connectivity index (χ1v) is 9.09. The molecule has 0 unspecified atom stereocenters. The fourth-order valence-corrected chi connectivity index (χ4v) is 2.99. The van der Waals surface area contributed by atoms with Gasteiger partial charge < -0.3 is 15.5 Å². The fourth-order valence-electron chi connectivity index (χ4n) is 2.79. The van der Waals surface area contributed by atoms with E-state index in [-0.39, 0.29) is 12.1 Å². The molecule has 2 aromatic carbocycles. The Labute approximate surface area is 178 Å². The number of carboxylic acids is 1. The molecule has 0 saturated carbocycles. The highest BCUT2D eigenvalue weighted by Crippen LogP contribution is 2.30. The molecule has 3 rings (SSSR count). The van der Waals surface area contributed by atoms with E-state index >= 15 is 0 Å². The molecular weight excluding hydrogens is 436 g/mol. The van der Waals surface area contributed by atoms with E-state index < -0.39 is 52.6 Å². The van der Waals surface area contributed by atoms with Crippen molar-refractivity contribution in [3.63, 3.8) is 0 Å². The van der Waals surface area contributed by atoms with Crippen LogP contribution in [0.25, 0.3) is 11.3 Å². The van der Waals surface area contributed by atoms with Gasteiger partial charge in [0.25, 0.3) is 11.5 Å². The summed E-state index contributed by atoms with van der Waals surface area (Å²) in [4.78, 5) is 36.0. The Bertz CT molecular complexity index is 1230. The van der Waals surface area contributed by atoms with Crippen molar-refractivity contribution in [3.05, 3.63) is 80.6 Å². The molecule has 0 aliphatic rings. The van der Waals surface area contributed by atoms with E-state index in [2.05, 4.69) is 5.10 Å². The van der Waals surface area contributed by atoms with Gasteiger partial charge in [-0.2, -0.15) is 5.10 Å². The highest BCUT2D eigenvalue weighted by Gasteiger charge is 2.25. The van der Waals surface area contributed by atoms with E-state index in [0.29, 0.717) is 16.7 Å². The van der Waals surface area contributed by atoms with E-state index in [1.807, 2.05) is 5.32 Å². The Morgan fingerprint density at radius 1 is 1.13 bits per heavy atom. The standard InChI is InChI=1S/C20H14ClF2N3O5/c21-14-4-2-1-3-10(14)9-26-20(31)16(19(30)24-8-15(27)28)18(29)17(25-26)11-5-12(22)7-13(23)6-11/h1-7,29H,8-9H2,(H,24,30)(H,27,28). The molecule has 3 N–H and O–H groups in total. The Morgan fingerprint density at radius 3 is 2.39 bits per heavy atom. The van der Waals surface area contributed by atoms with E-state index in [4.69, 9.17) is 16.7 Å². The van der Waals surface area contributed by atoms with Crippen LogP contribution in [0.2, 0.25) is 5.02 Å². The highest BCUT2D eigenvalue weighted by molar-refractivity contribution is 6.31. The summed E-state index contributed by atoms with van der Waals surface area (Å²) in [5.74, 6) is -5.48. The monoisotopic (exact) mass is 449 g/mol. The van der Waals surface area contributed by atoms with Crippen LogP contribution in [-0.4, -0.2) is 38.4 Å². The Hall–Kier alpha value is -3.79. The van der Waals surface area contributed by atoms with Gasteiger partial charge in [-0.15, -0.1) is 0 Å². The third-order valence-electron chi connectivity index (χ3n) is 4.17. The second kappa shape index (κ2) is 8.92. The van der Waals surface area contributed by atoms with Crippen molar-refractivity contribution in [2.45, 2.75) is 6.54 Å². The minimum absolute atomic E-state index is 0.233. The first-order valence-electron chi connectivity index (χ1n) is 8.71. The molecule has 3 aromatic rings. The van der Waals surface area contributed by atoms with E-state index in [0.717, 1.165) is 16.8 Å². The van der Waals surface area contributed by atoms with Gasteiger partial charge >= 0.3 is 5.97 Å². The first-order chi connectivity index (χ1) is 14.7. The van der Waals surface area contributed by atoms with Crippen LogP contribution in [0.4, 0.5) is 8.78 Å². The second-order valence-corrected chi connectivity index (χ2v) is 6.77. The maximum absolute atomic E-state index is 13.7. The number of halogens is 3. The van der Waals surface area contributed by atoms with Crippen LogP contribution in [0.3, 0.4) is 0 Å². The predicted octanol–water partition coefficient (Wildman–Crippen LogP) is 2.41. The molecule has 160 valence electrons. The van der Waals surface area contributed by atoms with Gasteiger partial charge in [-0.25, -0.2) is 13.5 Å². The van der Waals surface area contributed by atoms with Crippen molar-refractivity contribution in [1.29, 1.82) is 0 Å². The molecule has 0 fully saturated rings. The van der Waals surface area contributed by atoms with Crippen LogP contribution < -0.4 is 10.9 Å². The lowest BCUT2D eigenvalue weighted by atomic mass is 10.1. The van der Waals surface area contributed by atoms with Crippen LogP contribution in [0.5, 0.6) is 5.75 Å². The Morgan fingerprint density at radius 2 is 1.77 bits per heavy atom. The molecule has 31 heavy (non-hydrogen) atoms. The lowest BCUT2D eigenvalue weighted by molar-refractivity contribution is -0.135. The van der Waals surface area contributed by atoms with Crippen molar-refractivity contribution in [2.75, 3.05) is 6.54 Å². The number of hydrogen-bond donors (Lipinski definition) is 3. The van der Waals surface area contributed by atoms with Gasteiger partial charge in [0.15, 0.2) is 11.3 Å². The number of carboxylic acid groups (broad SMARTS) is 1. The Kier molecular flexibility index (Phi) is 6.30. The van der Waals surface area contributed by atoms with Gasteiger partial charge in [-0.05, 0) is 23.8 Å². The summed E-state index contributed by atoms with van der Waals surface area (Å²) in [5.41, 5.74) is -2.14. The molecule has 1 aromatic heterocycles. The molecule has 1 amide bonds. The third-order valence-corrected chi connectivity index (χ3v) is 4.54. The largest absolute Gasteiger partial charge is 0.505 e. The van der Waals surface area contributed by atoms with Crippen LogP contribution in [0, 0.1) is 11.6 Å². The smallest absolute Gasteiger partial charge is 0.322 e. The summed E-state index contributed by atoms with van der Waals surface area (Å²) in [5, 5.41) is 25.5. The molecule has 0 spiro atoms. The summed E-state index contributed by atoms with van der Waals surface area (Å²) in [7, 11) is 0. The van der Waals surface area contributed by atoms with Crippen molar-refractivity contribution in [2.24, 2.45) is 0 Å². The van der Waals surface area contributed by atoms with Gasteiger partial charge in [0.1, 0.15) is 23.9 Å². The fraction of sp³-hybridized carbons (Fsp3) is 0.100. The van der Waals surface area contributed by atoms with E-state index in [9.17, 15) is 28.3 Å². The first kappa shape index (κ1) is 21.9. The van der Waals surface area contributed by atoms with Gasteiger partial charge in [-0.3, -0.25) is 14.4 Å². The van der Waals surface area contributed by atoms with Gasteiger partial charge in [-0.1, -0.05) is 29.8 Å². The van der Waals surface area contributed by atoms with Crippen molar-refractivity contribution in [1.82, 2.24) is 15.1 Å².